The molecule has 0 unspecified atom stereocenters. The Labute approximate surface area is 99.8 Å². The first kappa shape index (κ1) is 13.2. The third-order valence-corrected chi connectivity index (χ3v) is 2.10. The molecule has 1 aromatic rings. The van der Waals surface area contributed by atoms with Crippen LogP contribution in [0.2, 0.25) is 5.15 Å². The van der Waals surface area contributed by atoms with E-state index in [0.717, 1.165) is 19.4 Å². The summed E-state index contributed by atoms with van der Waals surface area (Å²) in [4.78, 5) is 8.24. The molecule has 1 aromatic heterocycles. The lowest BCUT2D eigenvalue weighted by Gasteiger charge is -2.07. The maximum Gasteiger partial charge on any atom is 0.158 e. The topological polar surface area (TPSA) is 67.3 Å². The summed E-state index contributed by atoms with van der Waals surface area (Å²) in [5.41, 5.74) is 0. The summed E-state index contributed by atoms with van der Waals surface area (Å²) in [6.45, 7) is 1.30. The molecule has 0 aliphatic rings. The quantitative estimate of drug-likeness (QED) is 0.562. The zero-order chi connectivity index (χ0) is 11.8. The van der Waals surface area contributed by atoms with Crippen molar-refractivity contribution in [2.45, 2.75) is 19.4 Å². The molecule has 0 radical (unpaired) electrons. The minimum atomic E-state index is 0.209. The molecule has 0 saturated heterocycles. The second-order valence-electron chi connectivity index (χ2n) is 3.28. The van der Waals surface area contributed by atoms with Crippen molar-refractivity contribution in [3.05, 3.63) is 17.0 Å². The lowest BCUT2D eigenvalue weighted by atomic mass is 10.3. The van der Waals surface area contributed by atoms with E-state index in [0.29, 0.717) is 23.4 Å². The zero-order valence-corrected chi connectivity index (χ0v) is 10.00. The van der Waals surface area contributed by atoms with E-state index in [1.54, 1.807) is 13.2 Å². The van der Waals surface area contributed by atoms with E-state index in [2.05, 4.69) is 15.3 Å². The Hall–Kier alpha value is -0.910. The van der Waals surface area contributed by atoms with Gasteiger partial charge in [0.1, 0.15) is 17.6 Å². The molecular formula is C10H16ClN3O2. The number of unbranched alkanes of at least 4 members (excludes halogenated alkanes) is 1. The molecule has 0 amide bonds. The number of rotatable bonds is 7. The SMILES string of the molecule is COCc1nc(Cl)cc(NCCCCO)n1. The number of aliphatic hydroxyl groups is 1. The van der Waals surface area contributed by atoms with Gasteiger partial charge < -0.3 is 15.2 Å². The molecule has 1 heterocycles. The van der Waals surface area contributed by atoms with Gasteiger partial charge in [0.2, 0.25) is 0 Å². The monoisotopic (exact) mass is 245 g/mol. The van der Waals surface area contributed by atoms with Crippen LogP contribution in [0.4, 0.5) is 5.82 Å². The minimum absolute atomic E-state index is 0.209. The van der Waals surface area contributed by atoms with Gasteiger partial charge in [-0.1, -0.05) is 11.6 Å². The third-order valence-electron chi connectivity index (χ3n) is 1.91. The number of aromatic nitrogens is 2. The molecule has 16 heavy (non-hydrogen) atoms. The number of hydrogen-bond donors (Lipinski definition) is 2. The number of methoxy groups -OCH3 is 1. The Kier molecular flexibility index (Phi) is 6.07. The standard InChI is InChI=1S/C10H16ClN3O2/c1-16-7-10-13-8(11)6-9(14-10)12-4-2-3-5-15/h6,15H,2-5,7H2,1H3,(H,12,13,14). The van der Waals surface area contributed by atoms with Crippen molar-refractivity contribution >= 4 is 17.4 Å². The number of halogens is 1. The summed E-state index contributed by atoms with van der Waals surface area (Å²) in [6.07, 6.45) is 1.66. The highest BCUT2D eigenvalue weighted by Crippen LogP contribution is 2.12. The Morgan fingerprint density at radius 3 is 2.94 bits per heavy atom. The highest BCUT2D eigenvalue weighted by Gasteiger charge is 2.02. The van der Waals surface area contributed by atoms with Crippen molar-refractivity contribution in [2.75, 3.05) is 25.6 Å². The fourth-order valence-corrected chi connectivity index (χ4v) is 1.40. The first-order valence-electron chi connectivity index (χ1n) is 5.13. The van der Waals surface area contributed by atoms with Crippen molar-refractivity contribution in [3.8, 4) is 0 Å². The predicted octanol–water partition coefficient (Wildman–Crippen LogP) is 1.46. The van der Waals surface area contributed by atoms with Gasteiger partial charge in [-0.05, 0) is 12.8 Å². The van der Waals surface area contributed by atoms with Crippen LogP contribution in [-0.2, 0) is 11.3 Å². The largest absolute Gasteiger partial charge is 0.396 e. The Morgan fingerprint density at radius 2 is 2.25 bits per heavy atom. The van der Waals surface area contributed by atoms with E-state index in [-0.39, 0.29) is 6.61 Å². The van der Waals surface area contributed by atoms with Crippen molar-refractivity contribution in [1.82, 2.24) is 9.97 Å². The van der Waals surface area contributed by atoms with Gasteiger partial charge in [-0.25, -0.2) is 9.97 Å². The van der Waals surface area contributed by atoms with Gasteiger partial charge in [0.15, 0.2) is 5.82 Å². The van der Waals surface area contributed by atoms with Gasteiger partial charge in [0.05, 0.1) is 0 Å². The van der Waals surface area contributed by atoms with Gasteiger partial charge in [0, 0.05) is 26.3 Å². The number of nitrogens with one attached hydrogen (secondary N) is 1. The molecule has 0 aliphatic carbocycles. The number of ether oxygens (including phenoxy) is 1. The maximum atomic E-state index is 8.63. The maximum absolute atomic E-state index is 8.63. The molecule has 0 saturated carbocycles. The minimum Gasteiger partial charge on any atom is -0.396 e. The van der Waals surface area contributed by atoms with E-state index in [4.69, 9.17) is 21.4 Å². The second-order valence-corrected chi connectivity index (χ2v) is 3.67. The van der Waals surface area contributed by atoms with Gasteiger partial charge in [-0.15, -0.1) is 0 Å². The molecule has 0 atom stereocenters. The average Bonchev–Trinajstić information content (AvgIpc) is 2.24. The lowest BCUT2D eigenvalue weighted by molar-refractivity contribution is 0.178. The number of aliphatic hydroxyl groups excluding tert-OH is 1. The van der Waals surface area contributed by atoms with Crippen molar-refractivity contribution in [3.63, 3.8) is 0 Å². The van der Waals surface area contributed by atoms with Gasteiger partial charge >= 0.3 is 0 Å². The highest BCUT2D eigenvalue weighted by molar-refractivity contribution is 6.29. The van der Waals surface area contributed by atoms with Crippen molar-refractivity contribution < 1.29 is 9.84 Å². The Morgan fingerprint density at radius 1 is 1.44 bits per heavy atom. The first-order valence-corrected chi connectivity index (χ1v) is 5.51. The van der Waals surface area contributed by atoms with Crippen LogP contribution < -0.4 is 5.32 Å². The molecule has 90 valence electrons. The van der Waals surface area contributed by atoms with Crippen molar-refractivity contribution in [1.29, 1.82) is 0 Å². The van der Waals surface area contributed by atoms with Crippen LogP contribution in [0.1, 0.15) is 18.7 Å². The Bertz CT molecular complexity index is 323. The molecular weight excluding hydrogens is 230 g/mol. The summed E-state index contributed by atoms with van der Waals surface area (Å²) < 4.78 is 4.94. The van der Waals surface area contributed by atoms with Gasteiger partial charge in [0.25, 0.3) is 0 Å². The highest BCUT2D eigenvalue weighted by atomic mass is 35.5. The average molecular weight is 246 g/mol. The van der Waals surface area contributed by atoms with Crippen LogP contribution in [0.5, 0.6) is 0 Å². The van der Waals surface area contributed by atoms with Crippen LogP contribution in [0.15, 0.2) is 6.07 Å². The third kappa shape index (κ3) is 4.74. The summed E-state index contributed by atoms with van der Waals surface area (Å²) >= 11 is 5.84. The smallest absolute Gasteiger partial charge is 0.158 e. The van der Waals surface area contributed by atoms with Crippen LogP contribution in [0.25, 0.3) is 0 Å². The van der Waals surface area contributed by atoms with E-state index >= 15 is 0 Å². The second kappa shape index (κ2) is 7.38. The van der Waals surface area contributed by atoms with Gasteiger partial charge in [-0.2, -0.15) is 0 Å². The van der Waals surface area contributed by atoms with E-state index in [1.807, 2.05) is 0 Å². The van der Waals surface area contributed by atoms with Crippen LogP contribution in [-0.4, -0.2) is 35.3 Å². The summed E-state index contributed by atoms with van der Waals surface area (Å²) in [5, 5.41) is 12.1. The molecule has 0 fully saturated rings. The van der Waals surface area contributed by atoms with Crippen LogP contribution >= 0.6 is 11.6 Å². The predicted molar refractivity (Wildman–Crippen MR) is 62.6 cm³/mol. The summed E-state index contributed by atoms with van der Waals surface area (Å²) in [7, 11) is 1.58. The Balaban J connectivity index is 2.51. The van der Waals surface area contributed by atoms with E-state index in [9.17, 15) is 0 Å². The molecule has 0 aliphatic heterocycles. The lowest BCUT2D eigenvalue weighted by Crippen LogP contribution is -2.07. The molecule has 0 spiro atoms. The molecule has 2 N–H and O–H groups in total. The molecule has 0 bridgehead atoms. The van der Waals surface area contributed by atoms with E-state index in [1.165, 1.54) is 0 Å². The number of nitrogens with zero attached hydrogens (tertiary/aromatic N) is 2. The van der Waals surface area contributed by atoms with Crippen LogP contribution in [0.3, 0.4) is 0 Å². The zero-order valence-electron chi connectivity index (χ0n) is 9.24. The fraction of sp³-hybridized carbons (Fsp3) is 0.600. The summed E-state index contributed by atoms with van der Waals surface area (Å²) in [6, 6.07) is 1.67. The first-order chi connectivity index (χ1) is 7.76. The number of anilines is 1. The van der Waals surface area contributed by atoms with Gasteiger partial charge in [-0.3, -0.25) is 0 Å². The molecule has 6 heteroatoms. The summed E-state index contributed by atoms with van der Waals surface area (Å²) in [5.74, 6) is 1.24. The van der Waals surface area contributed by atoms with Crippen LogP contribution in [0, 0.1) is 0 Å². The number of hydrogen-bond acceptors (Lipinski definition) is 5. The van der Waals surface area contributed by atoms with Crippen molar-refractivity contribution in [2.24, 2.45) is 0 Å². The molecule has 5 nitrogen and oxygen atoms in total. The van der Waals surface area contributed by atoms with E-state index < -0.39 is 0 Å². The molecule has 1 rings (SSSR count). The molecule has 0 aromatic carbocycles. The normalized spacial score (nSPS) is 10.4. The fourth-order valence-electron chi connectivity index (χ4n) is 1.20.